The number of hydrogen-bond acceptors (Lipinski definition) is 4. The lowest BCUT2D eigenvalue weighted by atomic mass is 9.97. The van der Waals surface area contributed by atoms with Gasteiger partial charge in [-0.15, -0.1) is 12.4 Å². The molecule has 0 saturated carbocycles. The van der Waals surface area contributed by atoms with Gasteiger partial charge in [-0.2, -0.15) is 0 Å². The van der Waals surface area contributed by atoms with E-state index in [1.807, 2.05) is 6.92 Å². The molecular formula is C17H26ClN3O2. The number of carbonyl (C=O) groups excluding carboxylic acids is 2. The zero-order valence-corrected chi connectivity index (χ0v) is 14.6. The first-order valence-corrected chi connectivity index (χ1v) is 7.88. The maximum atomic E-state index is 12.3. The normalized spacial score (nSPS) is 19.5. The first kappa shape index (κ1) is 19.6. The summed E-state index contributed by atoms with van der Waals surface area (Å²) in [5.74, 6) is -0.0718. The molecule has 0 aliphatic carbocycles. The fourth-order valence-electron chi connectivity index (χ4n) is 3.01. The molecule has 0 radical (unpaired) electrons. The van der Waals surface area contributed by atoms with E-state index in [0.29, 0.717) is 17.8 Å². The second-order valence-corrected chi connectivity index (χ2v) is 6.08. The van der Waals surface area contributed by atoms with Crippen LogP contribution in [0.4, 0.5) is 5.69 Å². The lowest BCUT2D eigenvalue weighted by Gasteiger charge is -2.37. The van der Waals surface area contributed by atoms with Crippen LogP contribution in [0.25, 0.3) is 0 Å². The Hall–Kier alpha value is -1.43. The third-order valence-corrected chi connectivity index (χ3v) is 4.17. The monoisotopic (exact) mass is 339 g/mol. The minimum absolute atomic E-state index is 0. The molecule has 1 aromatic rings. The number of nitrogens with two attached hydrogens (primary N) is 1. The van der Waals surface area contributed by atoms with Crippen LogP contribution in [0.2, 0.25) is 0 Å². The van der Waals surface area contributed by atoms with Gasteiger partial charge in [0.2, 0.25) is 5.91 Å². The van der Waals surface area contributed by atoms with E-state index in [2.05, 4.69) is 10.2 Å². The van der Waals surface area contributed by atoms with Gasteiger partial charge in [-0.25, -0.2) is 0 Å². The Labute approximate surface area is 144 Å². The van der Waals surface area contributed by atoms with Crippen molar-refractivity contribution in [1.82, 2.24) is 4.90 Å². The van der Waals surface area contributed by atoms with Gasteiger partial charge in [0.25, 0.3) is 0 Å². The molecule has 1 aromatic carbocycles. The lowest BCUT2D eigenvalue weighted by molar-refractivity contribution is -0.118. The van der Waals surface area contributed by atoms with Crippen molar-refractivity contribution in [3.63, 3.8) is 0 Å². The Morgan fingerprint density at radius 1 is 1.39 bits per heavy atom. The van der Waals surface area contributed by atoms with Gasteiger partial charge >= 0.3 is 0 Å². The number of rotatable bonds is 5. The van der Waals surface area contributed by atoms with Crippen LogP contribution in [0.1, 0.15) is 43.5 Å². The average Bonchev–Trinajstić information content (AvgIpc) is 2.47. The minimum atomic E-state index is -0.0618. The minimum Gasteiger partial charge on any atom is -0.327 e. The molecular weight excluding hydrogens is 314 g/mol. The molecule has 128 valence electrons. The van der Waals surface area contributed by atoms with Crippen molar-refractivity contribution in [3.8, 4) is 0 Å². The number of hydrogen-bond donors (Lipinski definition) is 2. The van der Waals surface area contributed by atoms with E-state index in [1.54, 1.807) is 24.3 Å². The molecule has 6 heteroatoms. The number of benzene rings is 1. The number of Topliss-reactive ketones (excluding diaryl/α,β-unsaturated/α-hetero) is 1. The molecule has 1 aliphatic rings. The van der Waals surface area contributed by atoms with E-state index in [-0.39, 0.29) is 36.2 Å². The quantitative estimate of drug-likeness (QED) is 0.808. The van der Waals surface area contributed by atoms with E-state index in [4.69, 9.17) is 5.73 Å². The summed E-state index contributed by atoms with van der Waals surface area (Å²) in [6.07, 6.45) is 3.33. The topological polar surface area (TPSA) is 75.4 Å². The molecule has 1 amide bonds. The van der Waals surface area contributed by atoms with Gasteiger partial charge in [-0.3, -0.25) is 14.5 Å². The number of anilines is 1. The van der Waals surface area contributed by atoms with Crippen LogP contribution in [-0.4, -0.2) is 41.8 Å². The van der Waals surface area contributed by atoms with Gasteiger partial charge in [0.1, 0.15) is 0 Å². The highest BCUT2D eigenvalue weighted by atomic mass is 35.5. The van der Waals surface area contributed by atoms with Gasteiger partial charge in [0.15, 0.2) is 5.78 Å². The Balaban J connectivity index is 0.00000264. The molecule has 2 unspecified atom stereocenters. The number of carbonyl (C=O) groups is 2. The van der Waals surface area contributed by atoms with E-state index in [1.165, 1.54) is 13.3 Å². The molecule has 2 rings (SSSR count). The van der Waals surface area contributed by atoms with Crippen LogP contribution in [0, 0.1) is 0 Å². The highest BCUT2D eigenvalue weighted by molar-refractivity contribution is 5.97. The van der Waals surface area contributed by atoms with Gasteiger partial charge in [0, 0.05) is 23.3 Å². The summed E-state index contributed by atoms with van der Waals surface area (Å²) in [5, 5.41) is 2.87. The number of ketones is 1. The van der Waals surface area contributed by atoms with Crippen LogP contribution in [0.15, 0.2) is 24.3 Å². The first-order chi connectivity index (χ1) is 10.5. The highest BCUT2D eigenvalue weighted by Crippen LogP contribution is 2.19. The van der Waals surface area contributed by atoms with Crippen LogP contribution in [-0.2, 0) is 4.79 Å². The first-order valence-electron chi connectivity index (χ1n) is 7.88. The van der Waals surface area contributed by atoms with Crippen molar-refractivity contribution in [2.45, 2.75) is 45.2 Å². The molecule has 1 heterocycles. The maximum Gasteiger partial charge on any atom is 0.238 e. The summed E-state index contributed by atoms with van der Waals surface area (Å²) in [7, 11) is 0. The molecule has 5 nitrogen and oxygen atoms in total. The molecule has 3 N–H and O–H groups in total. The van der Waals surface area contributed by atoms with Crippen molar-refractivity contribution >= 4 is 29.8 Å². The van der Waals surface area contributed by atoms with Gasteiger partial charge in [-0.1, -0.05) is 18.6 Å². The summed E-state index contributed by atoms with van der Waals surface area (Å²) < 4.78 is 0. The summed E-state index contributed by atoms with van der Waals surface area (Å²) in [6.45, 7) is 4.77. The Kier molecular flexibility index (Phi) is 7.68. The smallest absolute Gasteiger partial charge is 0.238 e. The number of halogens is 1. The fraction of sp³-hybridized carbons (Fsp3) is 0.529. The summed E-state index contributed by atoms with van der Waals surface area (Å²) in [5.41, 5.74) is 7.29. The summed E-state index contributed by atoms with van der Waals surface area (Å²) >= 11 is 0. The van der Waals surface area contributed by atoms with E-state index < -0.39 is 0 Å². The van der Waals surface area contributed by atoms with Crippen LogP contribution in [0.5, 0.6) is 0 Å². The van der Waals surface area contributed by atoms with Crippen LogP contribution in [0.3, 0.4) is 0 Å². The molecule has 0 aromatic heterocycles. The van der Waals surface area contributed by atoms with Crippen molar-refractivity contribution in [1.29, 1.82) is 0 Å². The lowest BCUT2D eigenvalue weighted by Crippen LogP contribution is -2.51. The standard InChI is InChI=1S/C17H25N3O2.ClH/c1-12(18)16-8-3-4-9-20(16)11-17(22)19-15-7-5-6-14(10-15)13(2)21;/h5-7,10,12,16H,3-4,8-9,11,18H2,1-2H3,(H,19,22);1H. The molecule has 2 atom stereocenters. The number of nitrogens with one attached hydrogen (secondary N) is 1. The third kappa shape index (κ3) is 5.61. The largest absolute Gasteiger partial charge is 0.327 e. The molecule has 1 aliphatic heterocycles. The van der Waals surface area contributed by atoms with E-state index in [9.17, 15) is 9.59 Å². The zero-order valence-electron chi connectivity index (χ0n) is 13.7. The molecule has 1 saturated heterocycles. The second kappa shape index (κ2) is 9.01. The molecule has 0 spiro atoms. The van der Waals surface area contributed by atoms with E-state index >= 15 is 0 Å². The average molecular weight is 340 g/mol. The molecule has 0 bridgehead atoms. The van der Waals surface area contributed by atoms with Crippen molar-refractivity contribution in [3.05, 3.63) is 29.8 Å². The zero-order chi connectivity index (χ0) is 16.1. The number of nitrogens with zero attached hydrogens (tertiary/aromatic N) is 1. The summed E-state index contributed by atoms with van der Waals surface area (Å²) in [4.78, 5) is 25.8. The van der Waals surface area contributed by atoms with Crippen LogP contribution >= 0.6 is 12.4 Å². The number of likely N-dealkylation sites (tertiary alicyclic amines) is 1. The van der Waals surface area contributed by atoms with Gasteiger partial charge in [-0.05, 0) is 45.4 Å². The fourth-order valence-corrected chi connectivity index (χ4v) is 3.01. The second-order valence-electron chi connectivity index (χ2n) is 6.08. The Bertz CT molecular complexity index is 548. The maximum absolute atomic E-state index is 12.3. The predicted molar refractivity (Wildman–Crippen MR) is 95.2 cm³/mol. The van der Waals surface area contributed by atoms with Gasteiger partial charge in [0.05, 0.1) is 6.54 Å². The van der Waals surface area contributed by atoms with Crippen molar-refractivity contribution in [2.75, 3.05) is 18.4 Å². The van der Waals surface area contributed by atoms with Gasteiger partial charge < -0.3 is 11.1 Å². The molecule has 23 heavy (non-hydrogen) atoms. The number of amides is 1. The van der Waals surface area contributed by atoms with E-state index in [0.717, 1.165) is 19.4 Å². The number of piperidine rings is 1. The van der Waals surface area contributed by atoms with Crippen molar-refractivity contribution < 1.29 is 9.59 Å². The third-order valence-electron chi connectivity index (χ3n) is 4.17. The SMILES string of the molecule is CC(=O)c1cccc(NC(=O)CN2CCCCC2C(C)N)c1.Cl. The van der Waals surface area contributed by atoms with Crippen molar-refractivity contribution in [2.24, 2.45) is 5.73 Å². The predicted octanol–water partition coefficient (Wildman–Crippen LogP) is 2.45. The highest BCUT2D eigenvalue weighted by Gasteiger charge is 2.26. The molecule has 1 fully saturated rings. The Morgan fingerprint density at radius 3 is 2.78 bits per heavy atom. The Morgan fingerprint density at radius 2 is 2.13 bits per heavy atom. The van der Waals surface area contributed by atoms with Crippen LogP contribution < -0.4 is 11.1 Å². The summed E-state index contributed by atoms with van der Waals surface area (Å²) in [6, 6.07) is 7.35.